The van der Waals surface area contributed by atoms with Crippen molar-refractivity contribution in [3.05, 3.63) is 86.8 Å². The van der Waals surface area contributed by atoms with Crippen molar-refractivity contribution in [1.82, 2.24) is 14.9 Å². The molecule has 1 N–H and O–H groups in total. The lowest BCUT2D eigenvalue weighted by atomic mass is 10.2. The quantitative estimate of drug-likeness (QED) is 0.353. The number of para-hydroxylation sites is 1. The van der Waals surface area contributed by atoms with Gasteiger partial charge in [0.25, 0.3) is 5.56 Å². The normalized spacial score (nSPS) is 11.7. The van der Waals surface area contributed by atoms with Crippen molar-refractivity contribution >= 4 is 39.9 Å². The number of nitriles is 1. The molecule has 0 saturated heterocycles. The zero-order valence-corrected chi connectivity index (χ0v) is 18.2. The van der Waals surface area contributed by atoms with Gasteiger partial charge in [0.1, 0.15) is 0 Å². The van der Waals surface area contributed by atoms with E-state index in [1.807, 2.05) is 30.5 Å². The maximum atomic E-state index is 13.2. The number of rotatable bonds is 6. The second-order valence-electron chi connectivity index (χ2n) is 6.80. The number of thioether (sulfide) groups is 1. The first-order valence-electron chi connectivity index (χ1n) is 9.54. The van der Waals surface area contributed by atoms with Crippen LogP contribution in [0.25, 0.3) is 16.6 Å². The summed E-state index contributed by atoms with van der Waals surface area (Å²) in [5.74, 6) is -0.0174. The molecule has 0 aliphatic carbocycles. The molecule has 1 atom stereocenters. The van der Waals surface area contributed by atoms with E-state index in [4.69, 9.17) is 5.26 Å². The van der Waals surface area contributed by atoms with Gasteiger partial charge in [-0.05, 0) is 54.8 Å². The predicted octanol–water partition coefficient (Wildman–Crippen LogP) is 4.29. The SMILES string of the molecule is CC(NC(=O)CSc1nc2ccccc2c(=O)n1-c1ccc(C#N)cc1)c1cccs1. The molecule has 0 fully saturated rings. The van der Waals surface area contributed by atoms with E-state index in [-0.39, 0.29) is 23.3 Å². The first-order valence-corrected chi connectivity index (χ1v) is 11.4. The van der Waals surface area contributed by atoms with Crippen LogP contribution < -0.4 is 10.9 Å². The van der Waals surface area contributed by atoms with Gasteiger partial charge < -0.3 is 5.32 Å². The molecular weight excluding hydrogens is 428 g/mol. The lowest BCUT2D eigenvalue weighted by Crippen LogP contribution is -2.28. The molecule has 0 radical (unpaired) electrons. The Hall–Kier alpha value is -3.41. The number of nitrogens with zero attached hydrogens (tertiary/aromatic N) is 3. The Bertz CT molecular complexity index is 1320. The number of fused-ring (bicyclic) bond motifs is 1. The molecule has 4 rings (SSSR count). The molecule has 154 valence electrons. The van der Waals surface area contributed by atoms with Crippen molar-refractivity contribution in [3.63, 3.8) is 0 Å². The summed E-state index contributed by atoms with van der Waals surface area (Å²) in [5.41, 5.74) is 1.45. The molecule has 1 amide bonds. The number of thiophene rings is 1. The molecule has 1 unspecified atom stereocenters. The van der Waals surface area contributed by atoms with Crippen LogP contribution in [0.5, 0.6) is 0 Å². The van der Waals surface area contributed by atoms with Gasteiger partial charge >= 0.3 is 0 Å². The van der Waals surface area contributed by atoms with Crippen molar-refractivity contribution in [2.45, 2.75) is 18.1 Å². The number of carbonyl (C=O) groups is 1. The van der Waals surface area contributed by atoms with Gasteiger partial charge in [0.05, 0.1) is 40.0 Å². The number of hydrogen-bond acceptors (Lipinski definition) is 6. The maximum absolute atomic E-state index is 13.2. The van der Waals surface area contributed by atoms with Gasteiger partial charge in [0.2, 0.25) is 5.91 Å². The average Bonchev–Trinajstić information content (AvgIpc) is 3.33. The van der Waals surface area contributed by atoms with Crippen molar-refractivity contribution in [3.8, 4) is 11.8 Å². The Morgan fingerprint density at radius 3 is 2.68 bits per heavy atom. The number of carbonyl (C=O) groups excluding carboxylic acids is 1. The van der Waals surface area contributed by atoms with E-state index in [1.165, 1.54) is 16.3 Å². The van der Waals surface area contributed by atoms with Crippen LogP contribution in [0.4, 0.5) is 0 Å². The third kappa shape index (κ3) is 4.53. The second-order valence-corrected chi connectivity index (χ2v) is 8.73. The van der Waals surface area contributed by atoms with Crippen molar-refractivity contribution in [1.29, 1.82) is 5.26 Å². The minimum Gasteiger partial charge on any atom is -0.348 e. The smallest absolute Gasteiger partial charge is 0.266 e. The van der Waals surface area contributed by atoms with Crippen LogP contribution in [-0.2, 0) is 4.79 Å². The molecular formula is C23H18N4O2S2. The highest BCUT2D eigenvalue weighted by molar-refractivity contribution is 7.99. The fourth-order valence-corrected chi connectivity index (χ4v) is 4.70. The molecule has 8 heteroatoms. The number of amides is 1. The van der Waals surface area contributed by atoms with Gasteiger partial charge in [-0.1, -0.05) is 30.0 Å². The monoisotopic (exact) mass is 446 g/mol. The van der Waals surface area contributed by atoms with Crippen molar-refractivity contribution in [2.24, 2.45) is 0 Å². The van der Waals surface area contributed by atoms with E-state index in [0.717, 1.165) is 4.88 Å². The standard InChI is InChI=1S/C23H18N4O2S2/c1-15(20-7-4-12-30-20)25-21(28)14-31-23-26-19-6-3-2-5-18(19)22(29)27(23)17-10-8-16(13-24)9-11-17/h2-12,15H,14H2,1H3,(H,25,28). The van der Waals surface area contributed by atoms with Crippen LogP contribution >= 0.6 is 23.1 Å². The first kappa shape index (κ1) is 20.8. The fraction of sp³-hybridized carbons (Fsp3) is 0.130. The van der Waals surface area contributed by atoms with Gasteiger partial charge in [-0.15, -0.1) is 11.3 Å². The minimum absolute atomic E-state index is 0.0848. The summed E-state index contributed by atoms with van der Waals surface area (Å²) in [6.45, 7) is 1.94. The highest BCUT2D eigenvalue weighted by Crippen LogP contribution is 2.23. The summed E-state index contributed by atoms with van der Waals surface area (Å²) in [5, 5.41) is 14.9. The molecule has 0 saturated carbocycles. The Labute approximate surface area is 187 Å². The Morgan fingerprint density at radius 2 is 1.97 bits per heavy atom. The molecule has 0 aliphatic rings. The molecule has 31 heavy (non-hydrogen) atoms. The zero-order chi connectivity index (χ0) is 21.8. The average molecular weight is 447 g/mol. The van der Waals surface area contributed by atoms with Gasteiger partial charge in [-0.3, -0.25) is 14.2 Å². The van der Waals surface area contributed by atoms with E-state index in [9.17, 15) is 9.59 Å². The number of nitrogens with one attached hydrogen (secondary N) is 1. The molecule has 6 nitrogen and oxygen atoms in total. The number of hydrogen-bond donors (Lipinski definition) is 1. The summed E-state index contributed by atoms with van der Waals surface area (Å²) >= 11 is 2.80. The largest absolute Gasteiger partial charge is 0.348 e. The summed E-state index contributed by atoms with van der Waals surface area (Å²) < 4.78 is 1.49. The molecule has 2 aromatic heterocycles. The number of aromatic nitrogens is 2. The van der Waals surface area contributed by atoms with E-state index < -0.39 is 0 Å². The molecule has 0 bridgehead atoms. The maximum Gasteiger partial charge on any atom is 0.266 e. The predicted molar refractivity (Wildman–Crippen MR) is 124 cm³/mol. The Balaban J connectivity index is 1.65. The highest BCUT2D eigenvalue weighted by Gasteiger charge is 2.16. The number of benzene rings is 2. The van der Waals surface area contributed by atoms with Crippen LogP contribution in [0.1, 0.15) is 23.4 Å². The van der Waals surface area contributed by atoms with Crippen LogP contribution in [-0.4, -0.2) is 21.2 Å². The van der Waals surface area contributed by atoms with Crippen LogP contribution in [0.2, 0.25) is 0 Å². The minimum atomic E-state index is -0.217. The summed E-state index contributed by atoms with van der Waals surface area (Å²) in [7, 11) is 0. The Kier molecular flexibility index (Phi) is 6.16. The Morgan fingerprint density at radius 1 is 1.19 bits per heavy atom. The third-order valence-corrected chi connectivity index (χ3v) is 6.67. The highest BCUT2D eigenvalue weighted by atomic mass is 32.2. The molecule has 0 aliphatic heterocycles. The molecule has 2 heterocycles. The van der Waals surface area contributed by atoms with E-state index in [0.29, 0.717) is 27.3 Å². The van der Waals surface area contributed by atoms with Gasteiger partial charge in [0.15, 0.2) is 5.16 Å². The zero-order valence-electron chi connectivity index (χ0n) is 16.6. The van der Waals surface area contributed by atoms with Gasteiger partial charge in [0, 0.05) is 4.88 Å². The van der Waals surface area contributed by atoms with Gasteiger partial charge in [-0.2, -0.15) is 5.26 Å². The van der Waals surface area contributed by atoms with E-state index in [2.05, 4.69) is 16.4 Å². The topological polar surface area (TPSA) is 87.8 Å². The molecule has 0 spiro atoms. The van der Waals surface area contributed by atoms with Crippen molar-refractivity contribution in [2.75, 3.05) is 5.75 Å². The lowest BCUT2D eigenvalue weighted by molar-refractivity contribution is -0.119. The van der Waals surface area contributed by atoms with Crippen LogP contribution in [0.3, 0.4) is 0 Å². The summed E-state index contributed by atoms with van der Waals surface area (Å²) in [6.07, 6.45) is 0. The van der Waals surface area contributed by atoms with E-state index in [1.54, 1.807) is 53.8 Å². The fourth-order valence-electron chi connectivity index (χ4n) is 3.14. The van der Waals surface area contributed by atoms with Crippen molar-refractivity contribution < 1.29 is 4.79 Å². The van der Waals surface area contributed by atoms with Gasteiger partial charge in [-0.25, -0.2) is 4.98 Å². The lowest BCUT2D eigenvalue weighted by Gasteiger charge is -2.15. The second kappa shape index (κ2) is 9.16. The summed E-state index contributed by atoms with van der Waals surface area (Å²) in [4.78, 5) is 31.5. The van der Waals surface area contributed by atoms with E-state index >= 15 is 0 Å². The molecule has 4 aromatic rings. The third-order valence-electron chi connectivity index (χ3n) is 4.68. The molecule has 2 aromatic carbocycles. The van der Waals surface area contributed by atoms with Crippen LogP contribution in [0, 0.1) is 11.3 Å². The summed E-state index contributed by atoms with van der Waals surface area (Å²) in [6, 6.07) is 19.8. The van der Waals surface area contributed by atoms with Crippen LogP contribution in [0.15, 0.2) is 76.0 Å². The first-order chi connectivity index (χ1) is 15.1.